The molecule has 0 atom stereocenters. The van der Waals surface area contributed by atoms with Crippen LogP contribution in [0, 0.1) is 0 Å². The zero-order valence-corrected chi connectivity index (χ0v) is 13.3. The van der Waals surface area contributed by atoms with E-state index in [1.807, 2.05) is 42.5 Å². The average molecular weight is 325 g/mol. The molecule has 0 aliphatic heterocycles. The maximum atomic E-state index is 11.9. The largest absolute Gasteiger partial charge is 0.462 e. The van der Waals surface area contributed by atoms with E-state index in [1.54, 1.807) is 13.0 Å². The summed E-state index contributed by atoms with van der Waals surface area (Å²) in [5, 5.41) is 0.791. The molecule has 2 N–H and O–H groups in total. The number of ether oxygens (including phenoxy) is 1. The van der Waals surface area contributed by atoms with E-state index in [-0.39, 0.29) is 11.9 Å². The van der Waals surface area contributed by atoms with Gasteiger partial charge in [0.05, 0.1) is 12.3 Å². The van der Waals surface area contributed by atoms with Crippen LogP contribution in [-0.2, 0) is 4.74 Å². The predicted molar refractivity (Wildman–Crippen MR) is 93.2 cm³/mol. The second kappa shape index (κ2) is 6.58. The molecule has 0 unspecified atom stereocenters. The Labute approximate surface area is 137 Å². The predicted octanol–water partition coefficient (Wildman–Crippen LogP) is 3.62. The van der Waals surface area contributed by atoms with Crippen molar-refractivity contribution in [1.82, 2.24) is 9.97 Å². The molecule has 1 aromatic carbocycles. The first-order chi connectivity index (χ1) is 11.2. The van der Waals surface area contributed by atoms with Crippen LogP contribution in [-0.4, -0.2) is 22.5 Å². The van der Waals surface area contributed by atoms with E-state index >= 15 is 0 Å². The van der Waals surface area contributed by atoms with Crippen molar-refractivity contribution in [3.8, 4) is 0 Å². The van der Waals surface area contributed by atoms with Gasteiger partial charge in [0.1, 0.15) is 9.71 Å². The molecular weight excluding hydrogens is 310 g/mol. The maximum absolute atomic E-state index is 11.9. The molecule has 6 heteroatoms. The summed E-state index contributed by atoms with van der Waals surface area (Å²) in [5.74, 6) is -0.172. The van der Waals surface area contributed by atoms with Crippen molar-refractivity contribution in [3.63, 3.8) is 0 Å². The van der Waals surface area contributed by atoms with Crippen LogP contribution in [0.3, 0.4) is 0 Å². The van der Waals surface area contributed by atoms with Gasteiger partial charge >= 0.3 is 5.97 Å². The van der Waals surface area contributed by atoms with E-state index in [0.717, 1.165) is 10.9 Å². The van der Waals surface area contributed by atoms with Crippen molar-refractivity contribution in [3.05, 3.63) is 52.5 Å². The van der Waals surface area contributed by atoms with Crippen molar-refractivity contribution in [1.29, 1.82) is 0 Å². The Bertz CT molecular complexity index is 872. The second-order valence-electron chi connectivity index (χ2n) is 4.76. The maximum Gasteiger partial charge on any atom is 0.348 e. The molecule has 0 fully saturated rings. The molecule has 3 aromatic rings. The average Bonchev–Trinajstić information content (AvgIpc) is 2.98. The number of benzene rings is 1. The van der Waals surface area contributed by atoms with E-state index < -0.39 is 0 Å². The number of hydrogen-bond acceptors (Lipinski definition) is 6. The van der Waals surface area contributed by atoms with Crippen LogP contribution < -0.4 is 5.73 Å². The van der Waals surface area contributed by atoms with Crippen LogP contribution in [0.5, 0.6) is 0 Å². The number of carbonyl (C=O) groups excluding carboxylic acids is 1. The first-order valence-corrected chi connectivity index (χ1v) is 7.96. The summed E-state index contributed by atoms with van der Waals surface area (Å²) >= 11 is 1.26. The Morgan fingerprint density at radius 3 is 2.78 bits per heavy atom. The quantitative estimate of drug-likeness (QED) is 0.741. The highest BCUT2D eigenvalue weighted by molar-refractivity contribution is 7.20. The van der Waals surface area contributed by atoms with E-state index in [9.17, 15) is 4.79 Å². The lowest BCUT2D eigenvalue weighted by Gasteiger charge is -1.98. The number of anilines is 1. The third-order valence-electron chi connectivity index (χ3n) is 3.15. The molecule has 0 spiro atoms. The smallest absolute Gasteiger partial charge is 0.348 e. The molecule has 0 aliphatic carbocycles. The fraction of sp³-hybridized carbons (Fsp3) is 0.118. The molecular formula is C17H15N3O2S. The van der Waals surface area contributed by atoms with Crippen LogP contribution >= 0.6 is 11.3 Å². The summed E-state index contributed by atoms with van der Waals surface area (Å²) in [6.45, 7) is 2.11. The number of thiophene rings is 1. The van der Waals surface area contributed by atoms with Crippen molar-refractivity contribution >= 4 is 45.6 Å². The Morgan fingerprint density at radius 2 is 2.04 bits per heavy atom. The van der Waals surface area contributed by atoms with E-state index in [2.05, 4.69) is 9.97 Å². The highest BCUT2D eigenvalue weighted by Gasteiger charge is 2.15. The number of carbonyl (C=O) groups is 1. The molecule has 3 rings (SSSR count). The highest BCUT2D eigenvalue weighted by Crippen LogP contribution is 2.28. The van der Waals surface area contributed by atoms with Crippen LogP contribution in [0.15, 0.2) is 36.4 Å². The fourth-order valence-electron chi connectivity index (χ4n) is 2.13. The molecule has 2 aromatic heterocycles. The minimum atomic E-state index is -0.355. The van der Waals surface area contributed by atoms with Crippen LogP contribution in [0.1, 0.15) is 27.9 Å². The number of nitrogens with zero attached hydrogens (tertiary/aromatic N) is 2. The summed E-state index contributed by atoms with van der Waals surface area (Å²) < 4.78 is 5.03. The van der Waals surface area contributed by atoms with E-state index in [4.69, 9.17) is 10.5 Å². The van der Waals surface area contributed by atoms with Gasteiger partial charge in [-0.15, -0.1) is 11.3 Å². The summed E-state index contributed by atoms with van der Waals surface area (Å²) in [5.41, 5.74) is 7.51. The molecule has 5 nitrogen and oxygen atoms in total. The number of aromatic nitrogens is 2. The molecule has 2 heterocycles. The van der Waals surface area contributed by atoms with Gasteiger partial charge in [0.2, 0.25) is 5.95 Å². The SMILES string of the molecule is CCOC(=O)c1cc2c(C=Cc3ccccc3)nc(N)nc2s1. The lowest BCUT2D eigenvalue weighted by molar-refractivity contribution is 0.0532. The Hall–Kier alpha value is -2.73. The van der Waals surface area contributed by atoms with Crippen molar-refractivity contribution in [2.45, 2.75) is 6.92 Å². The van der Waals surface area contributed by atoms with Gasteiger partial charge in [-0.25, -0.2) is 14.8 Å². The van der Waals surface area contributed by atoms with Gasteiger partial charge in [-0.3, -0.25) is 0 Å². The number of fused-ring (bicyclic) bond motifs is 1. The van der Waals surface area contributed by atoms with Gasteiger partial charge in [-0.1, -0.05) is 36.4 Å². The van der Waals surface area contributed by atoms with Crippen molar-refractivity contribution in [2.75, 3.05) is 12.3 Å². The number of hydrogen-bond donors (Lipinski definition) is 1. The molecule has 0 aliphatic rings. The molecule has 0 amide bonds. The lowest BCUT2D eigenvalue weighted by atomic mass is 10.2. The molecule has 0 bridgehead atoms. The van der Waals surface area contributed by atoms with E-state index in [1.165, 1.54) is 11.3 Å². The van der Waals surface area contributed by atoms with Gasteiger partial charge in [-0.05, 0) is 24.6 Å². The normalized spacial score (nSPS) is 11.2. The number of rotatable bonds is 4. The number of nitrogens with two attached hydrogens (primary N) is 1. The summed E-state index contributed by atoms with van der Waals surface area (Å²) in [7, 11) is 0. The molecule has 0 saturated carbocycles. The first-order valence-electron chi connectivity index (χ1n) is 7.14. The minimum absolute atomic E-state index is 0.183. The Balaban J connectivity index is 2.02. The third-order valence-corrected chi connectivity index (χ3v) is 4.16. The van der Waals surface area contributed by atoms with Gasteiger partial charge in [0.15, 0.2) is 0 Å². The lowest BCUT2D eigenvalue weighted by Crippen LogP contribution is -2.01. The second-order valence-corrected chi connectivity index (χ2v) is 5.79. The monoisotopic (exact) mass is 325 g/mol. The summed E-state index contributed by atoms with van der Waals surface area (Å²) in [4.78, 5) is 21.5. The first kappa shape index (κ1) is 15.2. The van der Waals surface area contributed by atoms with Crippen LogP contribution in [0.25, 0.3) is 22.4 Å². The standard InChI is InChI=1S/C17H15N3O2S/c1-2-22-16(21)14-10-12-13(19-17(18)20-15(12)23-14)9-8-11-6-4-3-5-7-11/h3-10H,2H2,1H3,(H2,18,19,20). The van der Waals surface area contributed by atoms with Gasteiger partial charge in [-0.2, -0.15) is 0 Å². The van der Waals surface area contributed by atoms with Gasteiger partial charge in [0, 0.05) is 5.39 Å². The molecule has 0 radical (unpaired) electrons. The third kappa shape index (κ3) is 3.37. The van der Waals surface area contributed by atoms with Crippen LogP contribution in [0.4, 0.5) is 5.95 Å². The number of nitrogen functional groups attached to an aromatic ring is 1. The highest BCUT2D eigenvalue weighted by atomic mass is 32.1. The Kier molecular flexibility index (Phi) is 4.34. The van der Waals surface area contributed by atoms with E-state index in [0.29, 0.717) is 22.0 Å². The Morgan fingerprint density at radius 1 is 1.26 bits per heavy atom. The fourth-order valence-corrected chi connectivity index (χ4v) is 3.07. The van der Waals surface area contributed by atoms with Crippen molar-refractivity contribution < 1.29 is 9.53 Å². The zero-order chi connectivity index (χ0) is 16.2. The molecule has 116 valence electrons. The number of esters is 1. The van der Waals surface area contributed by atoms with Crippen LogP contribution in [0.2, 0.25) is 0 Å². The summed E-state index contributed by atoms with van der Waals surface area (Å²) in [6, 6.07) is 11.6. The van der Waals surface area contributed by atoms with Gasteiger partial charge < -0.3 is 10.5 Å². The van der Waals surface area contributed by atoms with Gasteiger partial charge in [0.25, 0.3) is 0 Å². The molecule has 23 heavy (non-hydrogen) atoms. The zero-order valence-electron chi connectivity index (χ0n) is 12.5. The minimum Gasteiger partial charge on any atom is -0.462 e. The molecule has 0 saturated heterocycles. The topological polar surface area (TPSA) is 78.1 Å². The van der Waals surface area contributed by atoms with Crippen molar-refractivity contribution in [2.24, 2.45) is 0 Å². The summed E-state index contributed by atoms with van der Waals surface area (Å²) in [6.07, 6.45) is 3.82.